The molecule has 1 aliphatic rings. The Morgan fingerprint density at radius 2 is 1.54 bits per heavy atom. The molecule has 0 aromatic heterocycles. The molecule has 28 heavy (non-hydrogen) atoms. The molecule has 7 heteroatoms. The number of fused-ring (bicyclic) bond motifs is 1. The van der Waals surface area contributed by atoms with Gasteiger partial charge < -0.3 is 4.90 Å². The van der Waals surface area contributed by atoms with E-state index in [1.165, 1.54) is 4.31 Å². The first-order valence-corrected chi connectivity index (χ1v) is 11.2. The highest BCUT2D eigenvalue weighted by Gasteiger charge is 2.30. The number of carbonyl (C=O) groups excluding carboxylic acids is 1. The molecule has 1 amide bonds. The Hall–Kier alpha value is -2.22. The van der Waals surface area contributed by atoms with E-state index in [1.807, 2.05) is 42.5 Å². The number of amides is 1. The second kappa shape index (κ2) is 7.66. The predicted octanol–water partition coefficient (Wildman–Crippen LogP) is 3.75. The van der Waals surface area contributed by atoms with Crippen LogP contribution in [0, 0.1) is 0 Å². The minimum Gasteiger partial charge on any atom is -0.336 e. The van der Waals surface area contributed by atoms with Crippen LogP contribution in [0.5, 0.6) is 0 Å². The van der Waals surface area contributed by atoms with Crippen molar-refractivity contribution >= 4 is 42.6 Å². The van der Waals surface area contributed by atoms with Crippen LogP contribution < -0.4 is 0 Å². The number of nitrogens with zero attached hydrogens (tertiary/aromatic N) is 2. The summed E-state index contributed by atoms with van der Waals surface area (Å²) in [5.41, 5.74) is 0.627. The normalized spacial score (nSPS) is 15.7. The monoisotopic (exact) mass is 458 g/mol. The first-order chi connectivity index (χ1) is 13.4. The quantitative estimate of drug-likeness (QED) is 0.600. The first-order valence-electron chi connectivity index (χ1n) is 8.99. The minimum atomic E-state index is -3.56. The zero-order valence-electron chi connectivity index (χ0n) is 15.1. The van der Waals surface area contributed by atoms with Gasteiger partial charge in [0.05, 0.1) is 4.90 Å². The van der Waals surface area contributed by atoms with Gasteiger partial charge in [0.25, 0.3) is 5.91 Å². The van der Waals surface area contributed by atoms with E-state index >= 15 is 0 Å². The van der Waals surface area contributed by atoms with Crippen LogP contribution in [0.2, 0.25) is 0 Å². The summed E-state index contributed by atoms with van der Waals surface area (Å²) >= 11 is 3.31. The zero-order valence-corrected chi connectivity index (χ0v) is 17.5. The van der Waals surface area contributed by atoms with E-state index in [0.717, 1.165) is 15.2 Å². The van der Waals surface area contributed by atoms with Gasteiger partial charge in [-0.1, -0.05) is 52.3 Å². The number of sulfonamides is 1. The van der Waals surface area contributed by atoms with Crippen LogP contribution in [-0.2, 0) is 10.0 Å². The van der Waals surface area contributed by atoms with Gasteiger partial charge in [-0.15, -0.1) is 0 Å². The Balaban J connectivity index is 1.48. The molecule has 0 N–H and O–H groups in total. The zero-order chi connectivity index (χ0) is 19.7. The van der Waals surface area contributed by atoms with Crippen LogP contribution in [0.15, 0.2) is 76.1 Å². The fraction of sp³-hybridized carbons (Fsp3) is 0.190. The Kier molecular flexibility index (Phi) is 5.23. The Bertz CT molecular complexity index is 1140. The molecular formula is C21H19BrN2O3S. The lowest BCUT2D eigenvalue weighted by atomic mass is 10.1. The number of benzene rings is 3. The number of rotatable bonds is 3. The molecule has 4 rings (SSSR count). The molecule has 0 bridgehead atoms. The fourth-order valence-electron chi connectivity index (χ4n) is 3.41. The van der Waals surface area contributed by atoms with Crippen molar-refractivity contribution in [2.45, 2.75) is 4.90 Å². The van der Waals surface area contributed by atoms with Crippen molar-refractivity contribution in [3.63, 3.8) is 0 Å². The molecule has 1 saturated heterocycles. The molecule has 0 saturated carbocycles. The van der Waals surface area contributed by atoms with Crippen molar-refractivity contribution in [3.8, 4) is 0 Å². The van der Waals surface area contributed by atoms with Gasteiger partial charge in [0.2, 0.25) is 10.0 Å². The molecule has 0 aliphatic carbocycles. The first kappa shape index (κ1) is 19.1. The lowest BCUT2D eigenvalue weighted by Gasteiger charge is -2.34. The summed E-state index contributed by atoms with van der Waals surface area (Å²) in [6.45, 7) is 1.32. The number of piperazine rings is 1. The maximum absolute atomic E-state index is 12.9. The highest BCUT2D eigenvalue weighted by Crippen LogP contribution is 2.22. The van der Waals surface area contributed by atoms with Crippen LogP contribution >= 0.6 is 15.9 Å². The minimum absolute atomic E-state index is 0.0646. The van der Waals surface area contributed by atoms with Crippen molar-refractivity contribution in [1.29, 1.82) is 0 Å². The van der Waals surface area contributed by atoms with Crippen molar-refractivity contribution in [3.05, 3.63) is 76.8 Å². The average Bonchev–Trinajstić information content (AvgIpc) is 2.73. The summed E-state index contributed by atoms with van der Waals surface area (Å²) in [5, 5.41) is 2.10. The van der Waals surface area contributed by atoms with E-state index in [4.69, 9.17) is 0 Å². The second-order valence-electron chi connectivity index (χ2n) is 6.72. The van der Waals surface area contributed by atoms with Gasteiger partial charge in [-0.05, 0) is 41.1 Å². The van der Waals surface area contributed by atoms with E-state index in [-0.39, 0.29) is 23.9 Å². The van der Waals surface area contributed by atoms with Crippen LogP contribution in [0.1, 0.15) is 10.4 Å². The molecule has 3 aromatic carbocycles. The van der Waals surface area contributed by atoms with Crippen LogP contribution in [-0.4, -0.2) is 49.7 Å². The van der Waals surface area contributed by atoms with Crippen LogP contribution in [0.3, 0.4) is 0 Å². The van der Waals surface area contributed by atoms with Gasteiger partial charge in [0.1, 0.15) is 0 Å². The third-order valence-corrected chi connectivity index (χ3v) is 7.34. The summed E-state index contributed by atoms with van der Waals surface area (Å²) in [7, 11) is -3.56. The van der Waals surface area contributed by atoms with E-state index in [2.05, 4.69) is 15.9 Å². The summed E-state index contributed by atoms with van der Waals surface area (Å²) in [4.78, 5) is 14.8. The van der Waals surface area contributed by atoms with Crippen molar-refractivity contribution in [2.24, 2.45) is 0 Å². The molecule has 144 valence electrons. The van der Waals surface area contributed by atoms with Gasteiger partial charge in [-0.25, -0.2) is 8.42 Å². The molecule has 1 aliphatic heterocycles. The molecule has 3 aromatic rings. The van der Waals surface area contributed by atoms with Crippen LogP contribution in [0.25, 0.3) is 10.8 Å². The summed E-state index contributed by atoms with van der Waals surface area (Å²) in [6.07, 6.45) is 0. The summed E-state index contributed by atoms with van der Waals surface area (Å²) in [5.74, 6) is -0.0646. The highest BCUT2D eigenvalue weighted by atomic mass is 79.9. The Morgan fingerprint density at radius 1 is 0.821 bits per heavy atom. The molecular weight excluding hydrogens is 440 g/mol. The van der Waals surface area contributed by atoms with Gasteiger partial charge in [0.15, 0.2) is 0 Å². The molecule has 0 atom stereocenters. The van der Waals surface area contributed by atoms with Gasteiger partial charge in [-0.2, -0.15) is 4.31 Å². The lowest BCUT2D eigenvalue weighted by Crippen LogP contribution is -2.50. The Labute approximate surface area is 172 Å². The van der Waals surface area contributed by atoms with Gasteiger partial charge in [0, 0.05) is 36.2 Å². The average molecular weight is 459 g/mol. The summed E-state index contributed by atoms with van der Waals surface area (Å²) in [6, 6.07) is 20.2. The second-order valence-corrected chi connectivity index (χ2v) is 9.57. The maximum Gasteiger partial charge on any atom is 0.253 e. The SMILES string of the molecule is O=C(c1ccc2ccccc2c1)N1CCN(S(=O)(=O)c2cccc(Br)c2)CC1. The van der Waals surface area contributed by atoms with Gasteiger partial charge in [-0.3, -0.25) is 4.79 Å². The van der Waals surface area contributed by atoms with E-state index in [0.29, 0.717) is 18.7 Å². The topological polar surface area (TPSA) is 57.7 Å². The summed E-state index contributed by atoms with van der Waals surface area (Å²) < 4.78 is 27.8. The third-order valence-electron chi connectivity index (χ3n) is 4.96. The van der Waals surface area contributed by atoms with E-state index in [1.54, 1.807) is 29.2 Å². The fourth-order valence-corrected chi connectivity index (χ4v) is 5.43. The standard InChI is InChI=1S/C21H19BrN2O3S/c22-19-6-3-7-20(15-19)28(26,27)24-12-10-23(11-13-24)21(25)18-9-8-16-4-1-2-5-17(16)14-18/h1-9,14-15H,10-13H2. The lowest BCUT2D eigenvalue weighted by molar-refractivity contribution is 0.0698. The van der Waals surface area contributed by atoms with Crippen molar-refractivity contribution < 1.29 is 13.2 Å². The number of hydrogen-bond acceptors (Lipinski definition) is 3. The largest absolute Gasteiger partial charge is 0.336 e. The van der Waals surface area contributed by atoms with E-state index < -0.39 is 10.0 Å². The molecule has 1 fully saturated rings. The third kappa shape index (κ3) is 3.70. The van der Waals surface area contributed by atoms with Crippen molar-refractivity contribution in [2.75, 3.05) is 26.2 Å². The molecule has 0 unspecified atom stereocenters. The molecule has 0 radical (unpaired) electrons. The molecule has 5 nitrogen and oxygen atoms in total. The number of hydrogen-bond donors (Lipinski definition) is 0. The maximum atomic E-state index is 12.9. The predicted molar refractivity (Wildman–Crippen MR) is 113 cm³/mol. The molecule has 1 heterocycles. The van der Waals surface area contributed by atoms with Crippen LogP contribution in [0.4, 0.5) is 0 Å². The smallest absolute Gasteiger partial charge is 0.253 e. The van der Waals surface area contributed by atoms with Crippen molar-refractivity contribution in [1.82, 2.24) is 9.21 Å². The Morgan fingerprint density at radius 3 is 2.25 bits per heavy atom. The van der Waals surface area contributed by atoms with E-state index in [9.17, 15) is 13.2 Å². The highest BCUT2D eigenvalue weighted by molar-refractivity contribution is 9.10. The molecule has 0 spiro atoms. The van der Waals surface area contributed by atoms with Gasteiger partial charge >= 0.3 is 0 Å². The number of halogens is 1. The number of carbonyl (C=O) groups is 1.